The van der Waals surface area contributed by atoms with Gasteiger partial charge in [-0.15, -0.1) is 0 Å². The van der Waals surface area contributed by atoms with Crippen molar-refractivity contribution in [2.45, 2.75) is 19.4 Å². The van der Waals surface area contributed by atoms with Gasteiger partial charge in [0.1, 0.15) is 17.1 Å². The highest BCUT2D eigenvalue weighted by Gasteiger charge is 2.16. The number of furan rings is 1. The molecule has 1 aromatic heterocycles. The Balaban J connectivity index is 2.24. The van der Waals surface area contributed by atoms with Gasteiger partial charge in [-0.1, -0.05) is 0 Å². The lowest BCUT2D eigenvalue weighted by atomic mass is 10.1. The SMILES string of the molecule is Oc1ccc2oc3c(c2c1)CNCCC3. The predicted octanol–water partition coefficient (Wildman–Crippen LogP) is 2.17. The first-order chi connectivity index (χ1) is 7.34. The second-order valence-electron chi connectivity index (χ2n) is 3.96. The molecule has 3 heteroatoms. The van der Waals surface area contributed by atoms with Crippen LogP contribution in [0.1, 0.15) is 17.7 Å². The standard InChI is InChI=1S/C12H13NO2/c14-8-3-4-12-9(6-8)10-7-13-5-1-2-11(10)15-12/h3-4,6,13-14H,1-2,5,7H2. The molecule has 15 heavy (non-hydrogen) atoms. The Morgan fingerprint density at radius 3 is 3.20 bits per heavy atom. The second kappa shape index (κ2) is 3.28. The van der Waals surface area contributed by atoms with E-state index in [1.807, 2.05) is 6.07 Å². The maximum absolute atomic E-state index is 9.46. The topological polar surface area (TPSA) is 45.4 Å². The Morgan fingerprint density at radius 2 is 2.27 bits per heavy atom. The van der Waals surface area contributed by atoms with E-state index in [2.05, 4.69) is 5.32 Å². The highest BCUT2D eigenvalue weighted by Crippen LogP contribution is 2.30. The number of phenolic OH excluding ortho intramolecular Hbond substituents is 1. The van der Waals surface area contributed by atoms with Gasteiger partial charge in [0.15, 0.2) is 0 Å². The van der Waals surface area contributed by atoms with Crippen LogP contribution in [0.4, 0.5) is 0 Å². The van der Waals surface area contributed by atoms with Gasteiger partial charge in [0.2, 0.25) is 0 Å². The fourth-order valence-electron chi connectivity index (χ4n) is 2.17. The molecule has 0 unspecified atom stereocenters. The van der Waals surface area contributed by atoms with Gasteiger partial charge in [0.25, 0.3) is 0 Å². The normalized spacial score (nSPS) is 16.3. The molecule has 1 aliphatic rings. The Bertz CT molecular complexity index is 502. The van der Waals surface area contributed by atoms with Gasteiger partial charge in [0.05, 0.1) is 0 Å². The Kier molecular flexibility index (Phi) is 1.92. The number of benzene rings is 1. The molecule has 0 atom stereocenters. The van der Waals surface area contributed by atoms with E-state index in [-0.39, 0.29) is 0 Å². The minimum atomic E-state index is 0.301. The first kappa shape index (κ1) is 8.80. The number of phenols is 1. The number of hydrogen-bond donors (Lipinski definition) is 2. The summed E-state index contributed by atoms with van der Waals surface area (Å²) in [6, 6.07) is 5.28. The van der Waals surface area contributed by atoms with E-state index in [9.17, 15) is 5.11 Å². The number of fused-ring (bicyclic) bond motifs is 3. The van der Waals surface area contributed by atoms with Crippen LogP contribution in [-0.4, -0.2) is 11.7 Å². The van der Waals surface area contributed by atoms with Crippen molar-refractivity contribution in [1.29, 1.82) is 0 Å². The number of aromatic hydroxyl groups is 1. The third-order valence-electron chi connectivity index (χ3n) is 2.92. The summed E-state index contributed by atoms with van der Waals surface area (Å²) in [7, 11) is 0. The summed E-state index contributed by atoms with van der Waals surface area (Å²) >= 11 is 0. The van der Waals surface area contributed by atoms with Crippen LogP contribution in [-0.2, 0) is 13.0 Å². The molecule has 0 amide bonds. The van der Waals surface area contributed by atoms with Gasteiger partial charge in [0, 0.05) is 23.9 Å². The average Bonchev–Trinajstić information content (AvgIpc) is 2.44. The molecule has 3 rings (SSSR count). The molecule has 0 saturated carbocycles. The molecule has 78 valence electrons. The largest absolute Gasteiger partial charge is 0.508 e. The summed E-state index contributed by atoms with van der Waals surface area (Å²) in [4.78, 5) is 0. The predicted molar refractivity (Wildman–Crippen MR) is 57.9 cm³/mol. The lowest BCUT2D eigenvalue weighted by molar-refractivity contribution is 0.475. The third-order valence-corrected chi connectivity index (χ3v) is 2.92. The van der Waals surface area contributed by atoms with Gasteiger partial charge >= 0.3 is 0 Å². The minimum absolute atomic E-state index is 0.301. The summed E-state index contributed by atoms with van der Waals surface area (Å²) in [6.07, 6.45) is 2.09. The van der Waals surface area contributed by atoms with E-state index in [1.54, 1.807) is 12.1 Å². The van der Waals surface area contributed by atoms with Crippen molar-refractivity contribution in [3.63, 3.8) is 0 Å². The molecule has 0 spiro atoms. The first-order valence-corrected chi connectivity index (χ1v) is 5.28. The number of hydrogen-bond acceptors (Lipinski definition) is 3. The van der Waals surface area contributed by atoms with E-state index in [4.69, 9.17) is 4.42 Å². The van der Waals surface area contributed by atoms with Crippen LogP contribution in [0.2, 0.25) is 0 Å². The average molecular weight is 203 g/mol. The van der Waals surface area contributed by atoms with E-state index in [0.29, 0.717) is 5.75 Å². The van der Waals surface area contributed by atoms with Crippen LogP contribution < -0.4 is 5.32 Å². The highest BCUT2D eigenvalue weighted by molar-refractivity contribution is 5.83. The molecule has 1 aromatic carbocycles. The number of rotatable bonds is 0. The summed E-state index contributed by atoms with van der Waals surface area (Å²) in [6.45, 7) is 1.87. The molecule has 0 fully saturated rings. The van der Waals surface area contributed by atoms with Gasteiger partial charge in [-0.25, -0.2) is 0 Å². The Labute approximate surface area is 87.7 Å². The quantitative estimate of drug-likeness (QED) is 0.689. The minimum Gasteiger partial charge on any atom is -0.508 e. The lowest BCUT2D eigenvalue weighted by Crippen LogP contribution is -2.11. The monoisotopic (exact) mass is 203 g/mol. The smallest absolute Gasteiger partial charge is 0.134 e. The van der Waals surface area contributed by atoms with Crippen molar-refractivity contribution in [2.75, 3.05) is 6.54 Å². The zero-order valence-electron chi connectivity index (χ0n) is 8.42. The summed E-state index contributed by atoms with van der Waals surface area (Å²) in [5.41, 5.74) is 2.08. The van der Waals surface area contributed by atoms with Crippen molar-refractivity contribution in [3.05, 3.63) is 29.5 Å². The van der Waals surface area contributed by atoms with Crippen LogP contribution in [0, 0.1) is 0 Å². The van der Waals surface area contributed by atoms with E-state index in [0.717, 1.165) is 42.7 Å². The molecule has 2 N–H and O–H groups in total. The van der Waals surface area contributed by atoms with Gasteiger partial charge in [-0.2, -0.15) is 0 Å². The summed E-state index contributed by atoms with van der Waals surface area (Å²) in [5.74, 6) is 1.37. The molecular formula is C12H13NO2. The van der Waals surface area contributed by atoms with Crippen LogP contribution in [0.5, 0.6) is 5.75 Å². The molecular weight excluding hydrogens is 190 g/mol. The highest BCUT2D eigenvalue weighted by atomic mass is 16.3. The molecule has 2 heterocycles. The van der Waals surface area contributed by atoms with E-state index < -0.39 is 0 Å². The summed E-state index contributed by atoms with van der Waals surface area (Å²) in [5, 5.41) is 13.9. The Hall–Kier alpha value is -1.48. The number of nitrogens with one attached hydrogen (secondary N) is 1. The second-order valence-corrected chi connectivity index (χ2v) is 3.96. The Morgan fingerprint density at radius 1 is 1.33 bits per heavy atom. The van der Waals surface area contributed by atoms with Crippen molar-refractivity contribution in [1.82, 2.24) is 5.32 Å². The zero-order valence-corrected chi connectivity index (χ0v) is 8.42. The molecule has 0 aliphatic carbocycles. The van der Waals surface area contributed by atoms with Gasteiger partial charge < -0.3 is 14.8 Å². The van der Waals surface area contributed by atoms with Crippen LogP contribution in [0.15, 0.2) is 22.6 Å². The molecule has 0 saturated heterocycles. The van der Waals surface area contributed by atoms with Crippen LogP contribution in [0.25, 0.3) is 11.0 Å². The lowest BCUT2D eigenvalue weighted by Gasteiger charge is -1.98. The van der Waals surface area contributed by atoms with Crippen molar-refractivity contribution >= 4 is 11.0 Å². The van der Waals surface area contributed by atoms with Crippen LogP contribution in [0.3, 0.4) is 0 Å². The van der Waals surface area contributed by atoms with Crippen molar-refractivity contribution in [2.24, 2.45) is 0 Å². The number of aryl methyl sites for hydroxylation is 1. The van der Waals surface area contributed by atoms with Crippen LogP contribution >= 0.6 is 0 Å². The molecule has 0 bridgehead atoms. The molecule has 2 aromatic rings. The maximum Gasteiger partial charge on any atom is 0.134 e. The van der Waals surface area contributed by atoms with Gasteiger partial charge in [-0.3, -0.25) is 0 Å². The molecule has 3 nitrogen and oxygen atoms in total. The van der Waals surface area contributed by atoms with Crippen molar-refractivity contribution < 1.29 is 9.52 Å². The third kappa shape index (κ3) is 1.39. The van der Waals surface area contributed by atoms with Gasteiger partial charge in [-0.05, 0) is 31.2 Å². The zero-order chi connectivity index (χ0) is 10.3. The molecule has 1 aliphatic heterocycles. The molecule has 0 radical (unpaired) electrons. The summed E-state index contributed by atoms with van der Waals surface area (Å²) < 4.78 is 5.77. The fourth-order valence-corrected chi connectivity index (χ4v) is 2.17. The van der Waals surface area contributed by atoms with E-state index in [1.165, 1.54) is 5.56 Å². The van der Waals surface area contributed by atoms with Crippen molar-refractivity contribution in [3.8, 4) is 5.75 Å². The van der Waals surface area contributed by atoms with E-state index >= 15 is 0 Å². The maximum atomic E-state index is 9.46. The fraction of sp³-hybridized carbons (Fsp3) is 0.333. The first-order valence-electron chi connectivity index (χ1n) is 5.28.